The zero-order chi connectivity index (χ0) is 35.9. The lowest BCUT2D eigenvalue weighted by Gasteiger charge is -2.34. The Morgan fingerprint density at radius 2 is 0.896 bits per heavy atom. The highest BCUT2D eigenvalue weighted by Gasteiger charge is 2.33. The van der Waals surface area contributed by atoms with E-state index in [0.717, 1.165) is 0 Å². The molecule has 5 atom stereocenters. The molecule has 0 spiro atoms. The number of carbonyl (C=O) groups is 1. The molecule has 0 saturated carbocycles. The van der Waals surface area contributed by atoms with Gasteiger partial charge in [0.25, 0.3) is 0 Å². The van der Waals surface area contributed by atoms with Gasteiger partial charge in [0.05, 0.1) is 89.3 Å². The van der Waals surface area contributed by atoms with Crippen molar-refractivity contribution in [2.75, 3.05) is 59.5 Å². The third-order valence-corrected chi connectivity index (χ3v) is 5.09. The fourth-order valence-corrected chi connectivity index (χ4v) is 3.14. The van der Waals surface area contributed by atoms with Gasteiger partial charge in [-0.2, -0.15) is 0 Å². The van der Waals surface area contributed by atoms with E-state index >= 15 is 0 Å². The van der Waals surface area contributed by atoms with E-state index in [-0.39, 0.29) is 88.4 Å². The van der Waals surface area contributed by atoms with E-state index in [1.54, 1.807) is 41.5 Å². The summed E-state index contributed by atoms with van der Waals surface area (Å²) in [7, 11) is 0. The first-order valence-corrected chi connectivity index (χ1v) is 15.1. The SMILES string of the molecule is CC#CC#CC#CC#CC#CC#CC#CC#CC(=O)OC(C)COC(C)COCC(COCC(C)O)(COCC(C)O)COCC(C)O.[HH].[HH].[HH].[HH].[HH].[HH].[HH].[HH].[HH].[HH].[HH].[HH].[HH].[HH].[HH].[HH]. The standard InChI is InChI=1S/C38H44O10.16H2/c1-7-8-9-10-11-12-13-14-15-16-17-18-19-20-21-22-37(42)48-36(6)27-47-35(5)26-46-31-38(28-43-23-32(2)39,29-44-24-33(3)40)30-45-25-34(4)41;;;;;;;;;;;;;;;;/h32-36,39-41H,23-31H2,1-6H3;16*1H. The van der Waals surface area contributed by atoms with Gasteiger partial charge in [-0.05, 0) is 124 Å². The van der Waals surface area contributed by atoms with Crippen molar-refractivity contribution >= 4 is 5.97 Å². The molecule has 288 valence electrons. The van der Waals surface area contributed by atoms with E-state index in [9.17, 15) is 20.1 Å². The fraction of sp³-hybridized carbons (Fsp3) is 0.553. The summed E-state index contributed by atoms with van der Waals surface area (Å²) < 4.78 is 34.0. The highest BCUT2D eigenvalue weighted by molar-refractivity contribution is 5.89. The molecule has 48 heavy (non-hydrogen) atoms. The van der Waals surface area contributed by atoms with Crippen molar-refractivity contribution in [2.24, 2.45) is 5.41 Å². The van der Waals surface area contributed by atoms with Gasteiger partial charge >= 0.3 is 5.97 Å². The molecule has 0 aliphatic heterocycles. The zero-order valence-electron chi connectivity index (χ0n) is 28.5. The summed E-state index contributed by atoms with van der Waals surface area (Å²) in [4.78, 5) is 12.0. The monoisotopic (exact) mass is 693 g/mol. The van der Waals surface area contributed by atoms with Crippen LogP contribution in [0.1, 0.15) is 64.4 Å². The summed E-state index contributed by atoms with van der Waals surface area (Å²) in [6.45, 7) is 11.1. The van der Waals surface area contributed by atoms with Crippen LogP contribution < -0.4 is 0 Å². The zero-order valence-corrected chi connectivity index (χ0v) is 28.5. The molecule has 5 unspecified atom stereocenters. The Labute approximate surface area is 309 Å². The first kappa shape index (κ1) is 43.6. The predicted octanol–water partition coefficient (Wildman–Crippen LogP) is 4.50. The van der Waals surface area contributed by atoms with Crippen LogP contribution in [0.3, 0.4) is 0 Å². The maximum Gasteiger partial charge on any atom is 0.385 e. The van der Waals surface area contributed by atoms with Crippen molar-refractivity contribution < 1.29 is 71.4 Å². The second kappa shape index (κ2) is 28.8. The van der Waals surface area contributed by atoms with E-state index in [0.29, 0.717) is 0 Å². The van der Waals surface area contributed by atoms with E-state index in [1.165, 1.54) is 0 Å². The van der Waals surface area contributed by atoms with Crippen LogP contribution in [0.2, 0.25) is 0 Å². The number of hydrogen-bond donors (Lipinski definition) is 3. The normalized spacial score (nSPS) is 13.6. The highest BCUT2D eigenvalue weighted by Crippen LogP contribution is 2.22. The van der Waals surface area contributed by atoms with Crippen molar-refractivity contribution in [3.8, 4) is 94.7 Å². The first-order chi connectivity index (χ1) is 23.0. The molecule has 0 aliphatic carbocycles. The van der Waals surface area contributed by atoms with Crippen LogP contribution in [0.15, 0.2) is 0 Å². The number of aliphatic hydroxyl groups excluding tert-OH is 3. The molecule has 0 amide bonds. The van der Waals surface area contributed by atoms with Gasteiger partial charge in [-0.3, -0.25) is 0 Å². The third kappa shape index (κ3) is 27.9. The summed E-state index contributed by atoms with van der Waals surface area (Å²) in [5.41, 5.74) is -0.785. The number of hydrogen-bond acceptors (Lipinski definition) is 10. The molecule has 0 bridgehead atoms. The first-order valence-electron chi connectivity index (χ1n) is 15.1. The highest BCUT2D eigenvalue weighted by atomic mass is 16.6. The molecule has 0 fully saturated rings. The van der Waals surface area contributed by atoms with Gasteiger partial charge in [0.2, 0.25) is 0 Å². The molecule has 0 radical (unpaired) electrons. The Balaban J connectivity index is -0.0000000920. The van der Waals surface area contributed by atoms with Crippen LogP contribution >= 0.6 is 0 Å². The molecule has 0 rings (SSSR count). The Morgan fingerprint density at radius 1 is 0.542 bits per heavy atom. The lowest BCUT2D eigenvalue weighted by molar-refractivity contribution is -0.147. The van der Waals surface area contributed by atoms with Crippen molar-refractivity contribution in [3.63, 3.8) is 0 Å². The Hall–Kier alpha value is -4.37. The van der Waals surface area contributed by atoms with Crippen LogP contribution in [0.5, 0.6) is 0 Å². The average molecular weight is 693 g/mol. The van der Waals surface area contributed by atoms with Gasteiger partial charge in [0.1, 0.15) is 6.10 Å². The summed E-state index contributed by atoms with van der Waals surface area (Å²) in [5, 5.41) is 28.9. The molecule has 3 N–H and O–H groups in total. The molecule has 0 saturated heterocycles. The van der Waals surface area contributed by atoms with Crippen molar-refractivity contribution in [3.05, 3.63) is 0 Å². The second-order valence-corrected chi connectivity index (χ2v) is 10.6. The molecule has 10 heteroatoms. The van der Waals surface area contributed by atoms with E-state index in [1.807, 2.05) is 0 Å². The fourth-order valence-electron chi connectivity index (χ4n) is 3.14. The number of aliphatic hydroxyl groups is 3. The van der Waals surface area contributed by atoms with Crippen LogP contribution in [0, 0.1) is 100 Å². The number of esters is 1. The van der Waals surface area contributed by atoms with Gasteiger partial charge in [-0.1, -0.05) is 5.92 Å². The van der Waals surface area contributed by atoms with Gasteiger partial charge in [0.15, 0.2) is 0 Å². The lowest BCUT2D eigenvalue weighted by atomic mass is 9.92. The molecule has 0 aromatic carbocycles. The van der Waals surface area contributed by atoms with E-state index in [2.05, 4.69) is 94.7 Å². The largest absolute Gasteiger partial charge is 0.451 e. The molecule has 0 aromatic heterocycles. The number of ether oxygens (including phenoxy) is 6. The van der Waals surface area contributed by atoms with Crippen LogP contribution in [-0.4, -0.2) is 111 Å². The topological polar surface area (TPSA) is 133 Å². The molecule has 0 heterocycles. The van der Waals surface area contributed by atoms with Crippen molar-refractivity contribution in [1.29, 1.82) is 0 Å². The van der Waals surface area contributed by atoms with Crippen molar-refractivity contribution in [2.45, 2.75) is 72.1 Å². The van der Waals surface area contributed by atoms with Crippen LogP contribution in [-0.2, 0) is 33.2 Å². The quantitative estimate of drug-likeness (QED) is 0.0952. The van der Waals surface area contributed by atoms with Crippen molar-refractivity contribution in [1.82, 2.24) is 0 Å². The minimum atomic E-state index is -0.785. The number of rotatable bonds is 20. The Bertz CT molecular complexity index is 1480. The molecule has 0 aliphatic rings. The van der Waals surface area contributed by atoms with Crippen LogP contribution in [0.4, 0.5) is 0 Å². The van der Waals surface area contributed by atoms with Gasteiger partial charge in [-0.15, -0.1) is 0 Å². The molecule has 10 nitrogen and oxygen atoms in total. The maximum atomic E-state index is 12.0. The maximum absolute atomic E-state index is 12.0. The Morgan fingerprint density at radius 3 is 1.27 bits per heavy atom. The minimum absolute atomic E-state index is 0. The summed E-state index contributed by atoms with van der Waals surface area (Å²) in [5.74, 6) is 38.8. The minimum Gasteiger partial charge on any atom is -0.451 e. The smallest absolute Gasteiger partial charge is 0.385 e. The number of carbonyl (C=O) groups excluding carboxylic acids is 1. The molecular weight excluding hydrogens is 616 g/mol. The summed E-state index contributed by atoms with van der Waals surface area (Å²) in [6.07, 6.45) is -2.95. The van der Waals surface area contributed by atoms with Gasteiger partial charge in [0, 0.05) is 28.7 Å². The van der Waals surface area contributed by atoms with E-state index in [4.69, 9.17) is 28.4 Å². The average Bonchev–Trinajstić information content (AvgIpc) is 3.01. The molecular formula is C38H76O10. The Kier molecular flexibility index (Phi) is 26.2. The van der Waals surface area contributed by atoms with Gasteiger partial charge < -0.3 is 43.7 Å². The molecule has 0 aromatic rings. The second-order valence-electron chi connectivity index (χ2n) is 10.6. The van der Waals surface area contributed by atoms with Crippen LogP contribution in [0.25, 0.3) is 0 Å². The lowest BCUT2D eigenvalue weighted by Crippen LogP contribution is -2.43. The third-order valence-electron chi connectivity index (χ3n) is 5.09. The predicted molar refractivity (Wildman–Crippen MR) is 213 cm³/mol. The summed E-state index contributed by atoms with van der Waals surface area (Å²) >= 11 is 0. The van der Waals surface area contributed by atoms with Gasteiger partial charge in [-0.25, -0.2) is 4.79 Å². The van der Waals surface area contributed by atoms with E-state index < -0.39 is 35.8 Å². The summed E-state index contributed by atoms with van der Waals surface area (Å²) in [6, 6.07) is 0.